The van der Waals surface area contributed by atoms with Crippen molar-refractivity contribution in [3.8, 4) is 0 Å². The number of sulfone groups is 1. The second-order valence-corrected chi connectivity index (χ2v) is 9.94. The van der Waals surface area contributed by atoms with Gasteiger partial charge in [-0.2, -0.15) is 0 Å². The van der Waals surface area contributed by atoms with Gasteiger partial charge in [0.05, 0.1) is 4.90 Å². The van der Waals surface area contributed by atoms with Gasteiger partial charge in [0.1, 0.15) is 0 Å². The summed E-state index contributed by atoms with van der Waals surface area (Å²) < 4.78 is 24.1. The molecule has 0 spiro atoms. The molecule has 1 atom stereocenters. The molecule has 0 saturated carbocycles. The van der Waals surface area contributed by atoms with Gasteiger partial charge in [0, 0.05) is 5.56 Å². The molecule has 0 heterocycles. The van der Waals surface area contributed by atoms with Crippen molar-refractivity contribution >= 4 is 38.2 Å². The molecule has 0 aliphatic heterocycles. The lowest BCUT2D eigenvalue weighted by molar-refractivity contribution is 0.101. The molecule has 3 nitrogen and oxygen atoms in total. The Hall–Kier alpha value is -1.21. The fraction of sp³-hybridized carbons (Fsp3) is 0.278. The zero-order chi connectivity index (χ0) is 17.2. The molecule has 0 N–H and O–H groups in total. The molecule has 1 unspecified atom stereocenters. The minimum Gasteiger partial charge on any atom is -0.292 e. The van der Waals surface area contributed by atoms with Crippen LogP contribution in [0, 0.1) is 6.92 Å². The van der Waals surface area contributed by atoms with Gasteiger partial charge >= 0.3 is 0 Å². The molecular weight excluding hydrogens is 423 g/mol. The van der Waals surface area contributed by atoms with Crippen molar-refractivity contribution in [2.24, 2.45) is 0 Å². The lowest BCUT2D eigenvalue weighted by atomic mass is 10.0. The maximum Gasteiger partial charge on any atom is 0.197 e. The average Bonchev–Trinajstić information content (AvgIpc) is 2.54. The number of Topliss-reactive ketones (excluding diaryl/α,β-unsaturated/α-hetero) is 1. The maximum absolute atomic E-state index is 12.6. The Labute approximate surface area is 151 Å². The van der Waals surface area contributed by atoms with Crippen LogP contribution in [-0.2, 0) is 9.84 Å². The molecule has 0 aliphatic rings. The maximum atomic E-state index is 12.6. The molecule has 0 radical (unpaired) electrons. The Morgan fingerprint density at radius 3 is 1.96 bits per heavy atom. The zero-order valence-electron chi connectivity index (χ0n) is 13.3. The monoisotopic (exact) mass is 442 g/mol. The fourth-order valence-corrected chi connectivity index (χ4v) is 4.56. The number of ketones is 1. The fourth-order valence-electron chi connectivity index (χ4n) is 2.15. The number of hydrogen-bond acceptors (Lipinski definition) is 3. The van der Waals surface area contributed by atoms with Crippen molar-refractivity contribution in [1.82, 2.24) is 0 Å². The molecule has 122 valence electrons. The van der Waals surface area contributed by atoms with E-state index in [1.54, 1.807) is 59.0 Å². The first-order valence-corrected chi connectivity index (χ1v) is 10.1. The summed E-state index contributed by atoms with van der Waals surface area (Å²) in [5, 5.41) is 0. The van der Waals surface area contributed by atoms with Crippen molar-refractivity contribution < 1.29 is 13.2 Å². The minimum atomic E-state index is -3.69. The smallest absolute Gasteiger partial charge is 0.197 e. The summed E-state index contributed by atoms with van der Waals surface area (Å²) in [5.41, 5.74) is 2.52. The van der Waals surface area contributed by atoms with Gasteiger partial charge in [-0.1, -0.05) is 78.4 Å². The van der Waals surface area contributed by atoms with Gasteiger partial charge < -0.3 is 0 Å². The largest absolute Gasteiger partial charge is 0.292 e. The Kier molecular flexibility index (Phi) is 5.62. The predicted octanol–water partition coefficient (Wildman–Crippen LogP) is 4.54. The van der Waals surface area contributed by atoms with Gasteiger partial charge in [-0.15, -0.1) is 0 Å². The van der Waals surface area contributed by atoms with Gasteiger partial charge in [-0.3, -0.25) is 4.79 Å². The molecule has 0 aliphatic carbocycles. The van der Waals surface area contributed by atoms with Crippen LogP contribution in [0.15, 0.2) is 53.4 Å². The van der Waals surface area contributed by atoms with Crippen LogP contribution < -0.4 is 0 Å². The van der Waals surface area contributed by atoms with Crippen LogP contribution in [-0.4, -0.2) is 17.5 Å². The van der Waals surface area contributed by atoms with Crippen LogP contribution in [0.4, 0.5) is 0 Å². The van der Waals surface area contributed by atoms with Crippen molar-refractivity contribution in [2.75, 3.05) is 0 Å². The normalized spacial score (nSPS) is 13.1. The summed E-state index contributed by atoms with van der Waals surface area (Å²) in [6.45, 7) is 6.03. The van der Waals surface area contributed by atoms with Crippen LogP contribution >= 0.6 is 22.6 Å². The SMILES string of the molecule is Cc1ccc(S(=O)(=O)C(I)C(=O)c2ccc(C(C)C)cc2)cc1. The summed E-state index contributed by atoms with van der Waals surface area (Å²) >= 11 is 1.71. The van der Waals surface area contributed by atoms with Crippen molar-refractivity contribution in [3.05, 3.63) is 65.2 Å². The molecule has 0 fully saturated rings. The van der Waals surface area contributed by atoms with Gasteiger partial charge in [0.25, 0.3) is 0 Å². The van der Waals surface area contributed by atoms with Crippen LogP contribution in [0.1, 0.15) is 41.3 Å². The first-order valence-electron chi connectivity index (χ1n) is 7.32. The van der Waals surface area contributed by atoms with Gasteiger partial charge in [-0.05, 0) is 30.5 Å². The third kappa shape index (κ3) is 4.01. The van der Waals surface area contributed by atoms with Crippen molar-refractivity contribution in [1.29, 1.82) is 0 Å². The number of hydrogen-bond donors (Lipinski definition) is 0. The Bertz CT molecular complexity index is 791. The molecule has 2 aromatic rings. The number of halogens is 1. The second kappa shape index (κ2) is 7.13. The number of aryl methyl sites for hydroxylation is 1. The lowest BCUT2D eigenvalue weighted by Crippen LogP contribution is -2.24. The van der Waals surface area contributed by atoms with Gasteiger partial charge in [0.15, 0.2) is 18.9 Å². The lowest BCUT2D eigenvalue weighted by Gasteiger charge is -2.12. The van der Waals surface area contributed by atoms with Crippen LogP contribution in [0.2, 0.25) is 0 Å². The predicted molar refractivity (Wildman–Crippen MR) is 101 cm³/mol. The number of carbonyl (C=O) groups excluding carboxylic acids is 1. The average molecular weight is 442 g/mol. The topological polar surface area (TPSA) is 51.2 Å². The molecular formula is C18H19IO3S. The van der Waals surface area contributed by atoms with E-state index in [1.807, 2.05) is 19.1 Å². The Morgan fingerprint density at radius 1 is 0.957 bits per heavy atom. The van der Waals surface area contributed by atoms with Gasteiger partial charge in [-0.25, -0.2) is 8.42 Å². The quantitative estimate of drug-likeness (QED) is 0.388. The van der Waals surface area contributed by atoms with E-state index < -0.39 is 13.1 Å². The molecule has 0 amide bonds. The molecule has 5 heteroatoms. The van der Waals surface area contributed by atoms with Gasteiger partial charge in [0.2, 0.25) is 0 Å². The molecule has 0 bridgehead atoms. The summed E-state index contributed by atoms with van der Waals surface area (Å²) in [7, 11) is -3.69. The zero-order valence-corrected chi connectivity index (χ0v) is 16.3. The van der Waals surface area contributed by atoms with Crippen LogP contribution in [0.25, 0.3) is 0 Å². The Balaban J connectivity index is 2.29. The molecule has 0 aromatic heterocycles. The van der Waals surface area contributed by atoms with Crippen LogP contribution in [0.3, 0.4) is 0 Å². The minimum absolute atomic E-state index is 0.176. The summed E-state index contributed by atoms with van der Waals surface area (Å²) in [6, 6.07) is 13.7. The highest BCUT2D eigenvalue weighted by atomic mass is 127. The van der Waals surface area contributed by atoms with E-state index in [0.29, 0.717) is 11.5 Å². The molecule has 0 saturated heterocycles. The van der Waals surface area contributed by atoms with E-state index in [9.17, 15) is 13.2 Å². The van der Waals surface area contributed by atoms with E-state index in [-0.39, 0.29) is 10.7 Å². The first-order chi connectivity index (χ1) is 10.7. The van der Waals surface area contributed by atoms with Crippen molar-refractivity contribution in [3.63, 3.8) is 0 Å². The third-order valence-electron chi connectivity index (χ3n) is 3.69. The van der Waals surface area contributed by atoms with E-state index in [1.165, 1.54) is 0 Å². The first kappa shape index (κ1) is 18.1. The second-order valence-electron chi connectivity index (χ2n) is 5.82. The number of benzene rings is 2. The molecule has 2 aromatic carbocycles. The van der Waals surface area contributed by atoms with Crippen molar-refractivity contribution in [2.45, 2.75) is 34.8 Å². The highest BCUT2D eigenvalue weighted by molar-refractivity contribution is 14.1. The summed E-state index contributed by atoms with van der Waals surface area (Å²) in [4.78, 5) is 12.7. The van der Waals surface area contributed by atoms with E-state index in [4.69, 9.17) is 0 Å². The summed E-state index contributed by atoms with van der Waals surface area (Å²) in [5.74, 6) is -0.0210. The van der Waals surface area contributed by atoms with Crippen LogP contribution in [0.5, 0.6) is 0 Å². The van der Waals surface area contributed by atoms with E-state index in [2.05, 4.69) is 13.8 Å². The molecule has 2 rings (SSSR count). The summed E-state index contributed by atoms with van der Waals surface area (Å²) in [6.07, 6.45) is 0. The Morgan fingerprint density at radius 2 is 1.48 bits per heavy atom. The molecule has 23 heavy (non-hydrogen) atoms. The van der Waals surface area contributed by atoms with E-state index >= 15 is 0 Å². The standard InChI is InChI=1S/C18H19IO3S/c1-12(2)14-6-8-15(9-7-14)17(20)18(19)23(21,22)16-10-4-13(3)5-11-16/h4-12,18H,1-3H3. The highest BCUT2D eigenvalue weighted by Gasteiger charge is 2.32. The number of carbonyl (C=O) groups is 1. The highest BCUT2D eigenvalue weighted by Crippen LogP contribution is 2.25. The third-order valence-corrected chi connectivity index (χ3v) is 7.95. The van der Waals surface area contributed by atoms with E-state index in [0.717, 1.165) is 11.1 Å². The number of alkyl halides is 1. The number of rotatable bonds is 5.